The molecule has 8 heteroatoms. The Morgan fingerprint density at radius 2 is 2.04 bits per heavy atom. The Bertz CT molecular complexity index is 730. The highest BCUT2D eigenvalue weighted by Crippen LogP contribution is 2.25. The number of piperidine rings is 1. The number of benzene rings is 1. The fourth-order valence-corrected chi connectivity index (χ4v) is 5.27. The molecule has 0 aromatic heterocycles. The van der Waals surface area contributed by atoms with Gasteiger partial charge in [0.25, 0.3) is 0 Å². The van der Waals surface area contributed by atoms with E-state index in [0.717, 1.165) is 32.2 Å². The maximum absolute atomic E-state index is 12.9. The zero-order valence-corrected chi connectivity index (χ0v) is 16.6. The molecule has 2 aliphatic heterocycles. The summed E-state index contributed by atoms with van der Waals surface area (Å²) in [6.45, 7) is 4.79. The van der Waals surface area contributed by atoms with Crippen LogP contribution in [0.15, 0.2) is 29.2 Å². The van der Waals surface area contributed by atoms with Crippen LogP contribution in [-0.4, -0.2) is 57.5 Å². The Hall–Kier alpha value is -1.64. The van der Waals surface area contributed by atoms with Crippen LogP contribution >= 0.6 is 0 Å². The molecule has 2 atom stereocenters. The van der Waals surface area contributed by atoms with Crippen LogP contribution < -0.4 is 15.4 Å². The Balaban J connectivity index is 1.58. The SMILES string of the molecule is CCOc1ccc(S(=O)(=O)N2CCCC(CNC(=O)C3CCCN3)C2)cc1. The number of nitrogens with one attached hydrogen (secondary N) is 2. The third kappa shape index (κ3) is 5.00. The van der Waals surface area contributed by atoms with Gasteiger partial charge in [-0.1, -0.05) is 0 Å². The maximum Gasteiger partial charge on any atom is 0.243 e. The summed E-state index contributed by atoms with van der Waals surface area (Å²) in [6.07, 6.45) is 3.62. The van der Waals surface area contributed by atoms with Crippen molar-refractivity contribution in [3.05, 3.63) is 24.3 Å². The topological polar surface area (TPSA) is 87.7 Å². The molecule has 2 saturated heterocycles. The van der Waals surface area contributed by atoms with Crippen LogP contribution in [0.1, 0.15) is 32.6 Å². The lowest BCUT2D eigenvalue weighted by Crippen LogP contribution is -2.46. The van der Waals surface area contributed by atoms with Crippen LogP contribution in [-0.2, 0) is 14.8 Å². The van der Waals surface area contributed by atoms with Crippen molar-refractivity contribution in [2.75, 3.05) is 32.8 Å². The molecule has 0 aliphatic carbocycles. The second kappa shape index (κ2) is 9.03. The molecular weight excluding hydrogens is 366 g/mol. The van der Waals surface area contributed by atoms with E-state index in [1.807, 2.05) is 6.92 Å². The van der Waals surface area contributed by atoms with E-state index in [9.17, 15) is 13.2 Å². The van der Waals surface area contributed by atoms with Crippen molar-refractivity contribution < 1.29 is 17.9 Å². The molecule has 0 radical (unpaired) electrons. The molecule has 2 aliphatic rings. The molecule has 150 valence electrons. The summed E-state index contributed by atoms with van der Waals surface area (Å²) in [5, 5.41) is 6.17. The molecule has 2 fully saturated rings. The van der Waals surface area contributed by atoms with Crippen LogP contribution in [0.5, 0.6) is 5.75 Å². The van der Waals surface area contributed by atoms with E-state index in [2.05, 4.69) is 10.6 Å². The van der Waals surface area contributed by atoms with Gasteiger partial charge in [0.2, 0.25) is 15.9 Å². The van der Waals surface area contributed by atoms with E-state index in [1.54, 1.807) is 24.3 Å². The third-order valence-electron chi connectivity index (χ3n) is 5.20. The number of ether oxygens (including phenoxy) is 1. The van der Waals surface area contributed by atoms with Crippen molar-refractivity contribution >= 4 is 15.9 Å². The Kier molecular flexibility index (Phi) is 6.73. The summed E-state index contributed by atoms with van der Waals surface area (Å²) >= 11 is 0. The first kappa shape index (κ1) is 20.1. The molecule has 2 N–H and O–H groups in total. The largest absolute Gasteiger partial charge is 0.494 e. The number of hydrogen-bond acceptors (Lipinski definition) is 5. The number of hydrogen-bond donors (Lipinski definition) is 2. The summed E-state index contributed by atoms with van der Waals surface area (Å²) in [5.41, 5.74) is 0. The van der Waals surface area contributed by atoms with Crippen molar-refractivity contribution in [3.8, 4) is 5.75 Å². The molecule has 3 rings (SSSR count). The minimum Gasteiger partial charge on any atom is -0.494 e. The van der Waals surface area contributed by atoms with E-state index in [1.165, 1.54) is 4.31 Å². The smallest absolute Gasteiger partial charge is 0.243 e. The Labute approximate surface area is 161 Å². The van der Waals surface area contributed by atoms with E-state index in [4.69, 9.17) is 4.74 Å². The van der Waals surface area contributed by atoms with Crippen molar-refractivity contribution in [3.63, 3.8) is 0 Å². The summed E-state index contributed by atoms with van der Waals surface area (Å²) < 4.78 is 32.8. The zero-order chi connectivity index (χ0) is 19.3. The van der Waals surface area contributed by atoms with Crippen LogP contribution in [0.3, 0.4) is 0 Å². The normalized spacial score (nSPS) is 23.9. The molecule has 0 spiro atoms. The molecular formula is C19H29N3O4S. The van der Waals surface area contributed by atoms with Crippen LogP contribution in [0.25, 0.3) is 0 Å². The molecule has 1 aromatic carbocycles. The second-order valence-corrected chi connectivity index (χ2v) is 9.11. The lowest BCUT2D eigenvalue weighted by atomic mass is 9.99. The van der Waals surface area contributed by atoms with E-state index < -0.39 is 10.0 Å². The minimum atomic E-state index is -3.53. The van der Waals surface area contributed by atoms with Crippen molar-refractivity contribution in [2.24, 2.45) is 5.92 Å². The first-order chi connectivity index (χ1) is 13.0. The lowest BCUT2D eigenvalue weighted by molar-refractivity contribution is -0.123. The number of rotatable bonds is 7. The Morgan fingerprint density at radius 1 is 1.26 bits per heavy atom. The zero-order valence-electron chi connectivity index (χ0n) is 15.8. The summed E-state index contributed by atoms with van der Waals surface area (Å²) in [4.78, 5) is 12.4. The Morgan fingerprint density at radius 3 is 2.70 bits per heavy atom. The molecule has 7 nitrogen and oxygen atoms in total. The monoisotopic (exact) mass is 395 g/mol. The summed E-state index contributed by atoms with van der Waals surface area (Å²) in [5.74, 6) is 0.830. The molecule has 2 heterocycles. The lowest BCUT2D eigenvalue weighted by Gasteiger charge is -2.32. The average Bonchev–Trinajstić information content (AvgIpc) is 3.22. The van der Waals surface area contributed by atoms with Gasteiger partial charge in [-0.25, -0.2) is 8.42 Å². The van der Waals surface area contributed by atoms with Crippen LogP contribution in [0.4, 0.5) is 0 Å². The quantitative estimate of drug-likeness (QED) is 0.728. The van der Waals surface area contributed by atoms with Crippen LogP contribution in [0, 0.1) is 5.92 Å². The maximum atomic E-state index is 12.9. The fourth-order valence-electron chi connectivity index (χ4n) is 3.71. The molecule has 0 saturated carbocycles. The van der Waals surface area contributed by atoms with Gasteiger partial charge >= 0.3 is 0 Å². The predicted molar refractivity (Wildman–Crippen MR) is 103 cm³/mol. The molecule has 2 unspecified atom stereocenters. The number of nitrogens with zero attached hydrogens (tertiary/aromatic N) is 1. The molecule has 1 aromatic rings. The van der Waals surface area contributed by atoms with E-state index >= 15 is 0 Å². The van der Waals surface area contributed by atoms with E-state index in [-0.39, 0.29) is 22.8 Å². The standard InChI is InChI=1S/C19H29N3O4S/c1-2-26-16-7-9-17(10-8-16)27(24,25)22-12-4-5-15(14-22)13-21-19(23)18-6-3-11-20-18/h7-10,15,18,20H,2-6,11-14H2,1H3,(H,21,23). The van der Waals surface area contributed by atoms with Gasteiger partial charge in [0.1, 0.15) is 5.75 Å². The highest BCUT2D eigenvalue weighted by molar-refractivity contribution is 7.89. The minimum absolute atomic E-state index is 0.0268. The number of carbonyl (C=O) groups excluding carboxylic acids is 1. The second-order valence-electron chi connectivity index (χ2n) is 7.17. The summed E-state index contributed by atoms with van der Waals surface area (Å²) in [6, 6.07) is 6.46. The van der Waals surface area contributed by atoms with Gasteiger partial charge in [-0.15, -0.1) is 0 Å². The number of sulfonamides is 1. The van der Waals surface area contributed by atoms with Gasteiger partial charge in [0, 0.05) is 19.6 Å². The molecule has 1 amide bonds. The van der Waals surface area contributed by atoms with Crippen molar-refractivity contribution in [1.29, 1.82) is 0 Å². The predicted octanol–water partition coefficient (Wildman–Crippen LogP) is 1.35. The van der Waals surface area contributed by atoms with Crippen LogP contribution in [0.2, 0.25) is 0 Å². The average molecular weight is 396 g/mol. The van der Waals surface area contributed by atoms with Gasteiger partial charge in [-0.3, -0.25) is 4.79 Å². The number of amides is 1. The van der Waals surface area contributed by atoms with Gasteiger partial charge in [0.05, 0.1) is 17.5 Å². The summed E-state index contributed by atoms with van der Waals surface area (Å²) in [7, 11) is -3.53. The fraction of sp³-hybridized carbons (Fsp3) is 0.632. The first-order valence-electron chi connectivity index (χ1n) is 9.75. The van der Waals surface area contributed by atoms with Gasteiger partial charge in [0.15, 0.2) is 0 Å². The molecule has 0 bridgehead atoms. The van der Waals surface area contributed by atoms with E-state index in [0.29, 0.717) is 32.0 Å². The van der Waals surface area contributed by atoms with Gasteiger partial charge in [-0.05, 0) is 69.3 Å². The van der Waals surface area contributed by atoms with Crippen molar-refractivity contribution in [1.82, 2.24) is 14.9 Å². The number of carbonyl (C=O) groups is 1. The van der Waals surface area contributed by atoms with Gasteiger partial charge < -0.3 is 15.4 Å². The highest BCUT2D eigenvalue weighted by Gasteiger charge is 2.31. The van der Waals surface area contributed by atoms with Crippen molar-refractivity contribution in [2.45, 2.75) is 43.5 Å². The highest BCUT2D eigenvalue weighted by atomic mass is 32.2. The first-order valence-corrected chi connectivity index (χ1v) is 11.2. The van der Waals surface area contributed by atoms with Gasteiger partial charge in [-0.2, -0.15) is 4.31 Å². The third-order valence-corrected chi connectivity index (χ3v) is 7.08. The molecule has 27 heavy (non-hydrogen) atoms.